The minimum atomic E-state index is -1.02. The van der Waals surface area contributed by atoms with E-state index in [9.17, 15) is 24.5 Å². The Hall–Kier alpha value is -3.14. The van der Waals surface area contributed by atoms with Crippen molar-refractivity contribution in [1.29, 1.82) is 0 Å². The van der Waals surface area contributed by atoms with E-state index >= 15 is 0 Å². The molecule has 0 unspecified atom stereocenters. The Bertz CT molecular complexity index is 1080. The van der Waals surface area contributed by atoms with E-state index in [1.807, 2.05) is 6.92 Å². The number of hydrogen-bond donors (Lipinski definition) is 1. The smallest absolute Gasteiger partial charge is 0.336 e. The molecular weight excluding hydrogens is 460 g/mol. The summed E-state index contributed by atoms with van der Waals surface area (Å²) in [6, 6.07) is 5.85. The van der Waals surface area contributed by atoms with Gasteiger partial charge in [-0.15, -0.1) is 0 Å². The molecule has 0 spiro atoms. The van der Waals surface area contributed by atoms with Crippen LogP contribution in [0.4, 0.5) is 5.69 Å². The van der Waals surface area contributed by atoms with Crippen LogP contribution >= 0.6 is 11.8 Å². The molecule has 0 fully saturated rings. The van der Waals surface area contributed by atoms with Crippen LogP contribution in [0.25, 0.3) is 0 Å². The highest BCUT2D eigenvalue weighted by Gasteiger charge is 2.47. The van der Waals surface area contributed by atoms with Gasteiger partial charge in [-0.25, -0.2) is 4.79 Å². The molecule has 1 aromatic rings. The fourth-order valence-corrected chi connectivity index (χ4v) is 5.01. The normalized spacial score (nSPS) is 22.1. The topological polar surface area (TPSA) is 125 Å². The average Bonchev–Trinajstić information content (AvgIpc) is 2.80. The summed E-state index contributed by atoms with van der Waals surface area (Å²) < 4.78 is 10.4. The third-order valence-electron chi connectivity index (χ3n) is 6.04. The lowest BCUT2D eigenvalue weighted by Gasteiger charge is -2.38. The molecule has 182 valence electrons. The van der Waals surface area contributed by atoms with Gasteiger partial charge in [-0.2, -0.15) is 11.8 Å². The Labute approximate surface area is 202 Å². The number of esters is 2. The lowest BCUT2D eigenvalue weighted by molar-refractivity contribution is -0.384. The fourth-order valence-electron chi connectivity index (χ4n) is 4.52. The first-order chi connectivity index (χ1) is 16.2. The number of benzene rings is 1. The number of carbonyl (C=O) groups is 3. The summed E-state index contributed by atoms with van der Waals surface area (Å²) in [5.41, 5.74) is 1.81. The first-order valence-electron chi connectivity index (χ1n) is 11.0. The highest BCUT2D eigenvalue weighted by atomic mass is 32.2. The van der Waals surface area contributed by atoms with Gasteiger partial charge in [0, 0.05) is 40.8 Å². The van der Waals surface area contributed by atoms with E-state index in [0.717, 1.165) is 5.75 Å². The Kier molecular flexibility index (Phi) is 8.14. The number of carbonyl (C=O) groups excluding carboxylic acids is 3. The Morgan fingerprint density at radius 3 is 2.71 bits per heavy atom. The molecule has 1 aliphatic heterocycles. The monoisotopic (exact) mass is 488 g/mol. The molecule has 34 heavy (non-hydrogen) atoms. The molecule has 3 atom stereocenters. The van der Waals surface area contributed by atoms with Gasteiger partial charge in [-0.05, 0) is 30.6 Å². The van der Waals surface area contributed by atoms with Gasteiger partial charge in [-0.3, -0.25) is 19.7 Å². The second-order valence-corrected chi connectivity index (χ2v) is 9.61. The maximum absolute atomic E-state index is 13.6. The fraction of sp³-hybridized carbons (Fsp3) is 0.458. The van der Waals surface area contributed by atoms with Crippen LogP contribution < -0.4 is 5.32 Å². The third kappa shape index (κ3) is 5.01. The zero-order valence-corrected chi connectivity index (χ0v) is 20.4. The number of ether oxygens (including phenoxy) is 2. The standard InChI is InChI=1S/C24H28N2O7S/c1-5-34-10-9-33-24(29)19-14(3)25-17-11-13(2)18(23(28)32-4)22(27)21(17)20(19)15-7-6-8-16(12-15)26(30)31/h6-8,12-13,18,20,25H,5,9-11H2,1-4H3/t13-,18+,20-/m1/s1. The quantitative estimate of drug-likeness (QED) is 0.192. The van der Waals surface area contributed by atoms with Gasteiger partial charge in [-0.1, -0.05) is 26.0 Å². The summed E-state index contributed by atoms with van der Waals surface area (Å²) in [5.74, 6) is -2.45. The lowest BCUT2D eigenvalue weighted by atomic mass is 9.69. The number of non-ortho nitro benzene ring substituents is 1. The van der Waals surface area contributed by atoms with E-state index in [1.165, 1.54) is 25.3 Å². The maximum atomic E-state index is 13.6. The molecule has 2 aliphatic rings. The summed E-state index contributed by atoms with van der Waals surface area (Å²) in [5, 5.41) is 14.6. The number of nitro groups is 1. The molecule has 1 aliphatic carbocycles. The molecule has 0 amide bonds. The van der Waals surface area contributed by atoms with Crippen LogP contribution in [0.2, 0.25) is 0 Å². The van der Waals surface area contributed by atoms with Crippen molar-refractivity contribution in [2.45, 2.75) is 33.1 Å². The second kappa shape index (κ2) is 10.9. The van der Waals surface area contributed by atoms with Crippen molar-refractivity contribution in [2.75, 3.05) is 25.2 Å². The zero-order valence-electron chi connectivity index (χ0n) is 19.6. The van der Waals surface area contributed by atoms with Crippen molar-refractivity contribution in [1.82, 2.24) is 5.32 Å². The number of rotatable bonds is 8. The van der Waals surface area contributed by atoms with Crippen molar-refractivity contribution < 1.29 is 28.8 Å². The third-order valence-corrected chi connectivity index (χ3v) is 6.91. The zero-order chi connectivity index (χ0) is 25.0. The minimum Gasteiger partial charge on any atom is -0.468 e. The van der Waals surface area contributed by atoms with Gasteiger partial charge < -0.3 is 14.8 Å². The molecule has 1 aromatic carbocycles. The SMILES string of the molecule is CCSCCOC(=O)C1=C(C)NC2=C(C(=O)[C@@H](C(=O)OC)[C@H](C)C2)[C@@H]1c1cccc([N+](=O)[O-])c1. The van der Waals surface area contributed by atoms with Crippen molar-refractivity contribution in [2.24, 2.45) is 11.8 Å². The van der Waals surface area contributed by atoms with E-state index in [0.29, 0.717) is 29.1 Å². The summed E-state index contributed by atoms with van der Waals surface area (Å²) >= 11 is 1.63. The largest absolute Gasteiger partial charge is 0.468 e. The van der Waals surface area contributed by atoms with Crippen LogP contribution in [-0.4, -0.2) is 47.9 Å². The highest BCUT2D eigenvalue weighted by molar-refractivity contribution is 7.99. The second-order valence-electron chi connectivity index (χ2n) is 8.22. The van der Waals surface area contributed by atoms with E-state index in [1.54, 1.807) is 31.7 Å². The van der Waals surface area contributed by atoms with Gasteiger partial charge in [0.15, 0.2) is 5.78 Å². The van der Waals surface area contributed by atoms with Gasteiger partial charge in [0.05, 0.1) is 17.6 Å². The summed E-state index contributed by atoms with van der Waals surface area (Å²) in [7, 11) is 1.23. The molecule has 0 aromatic heterocycles. The Balaban J connectivity index is 2.12. The maximum Gasteiger partial charge on any atom is 0.336 e. The average molecular weight is 489 g/mol. The van der Waals surface area contributed by atoms with Crippen LogP contribution in [0.1, 0.15) is 38.7 Å². The van der Waals surface area contributed by atoms with E-state index in [2.05, 4.69) is 5.32 Å². The van der Waals surface area contributed by atoms with Crippen molar-refractivity contribution in [3.8, 4) is 0 Å². The molecule has 1 heterocycles. The highest BCUT2D eigenvalue weighted by Crippen LogP contribution is 2.45. The van der Waals surface area contributed by atoms with E-state index < -0.39 is 34.5 Å². The van der Waals surface area contributed by atoms with Crippen LogP contribution in [0, 0.1) is 22.0 Å². The molecule has 0 bridgehead atoms. The number of nitro benzene ring substituents is 1. The van der Waals surface area contributed by atoms with Crippen LogP contribution in [-0.2, 0) is 23.9 Å². The predicted molar refractivity (Wildman–Crippen MR) is 127 cm³/mol. The summed E-state index contributed by atoms with van der Waals surface area (Å²) in [6.07, 6.45) is 0.388. The predicted octanol–water partition coefficient (Wildman–Crippen LogP) is 3.50. The number of Topliss-reactive ketones (excluding diaryl/α,β-unsaturated/α-hetero) is 1. The van der Waals surface area contributed by atoms with Crippen molar-refractivity contribution >= 4 is 35.2 Å². The van der Waals surface area contributed by atoms with Gasteiger partial charge >= 0.3 is 11.9 Å². The Morgan fingerprint density at radius 1 is 1.32 bits per heavy atom. The molecule has 1 N–H and O–H groups in total. The van der Waals surface area contributed by atoms with E-state index in [4.69, 9.17) is 9.47 Å². The van der Waals surface area contributed by atoms with Crippen LogP contribution in [0.3, 0.4) is 0 Å². The number of thioether (sulfide) groups is 1. The number of ketones is 1. The minimum absolute atomic E-state index is 0.163. The number of nitrogens with one attached hydrogen (secondary N) is 1. The van der Waals surface area contributed by atoms with Gasteiger partial charge in [0.1, 0.15) is 12.5 Å². The van der Waals surface area contributed by atoms with E-state index in [-0.39, 0.29) is 29.4 Å². The molecule has 0 saturated carbocycles. The first-order valence-corrected chi connectivity index (χ1v) is 12.2. The lowest BCUT2D eigenvalue weighted by Crippen LogP contribution is -2.43. The first kappa shape index (κ1) is 25.5. The molecule has 0 radical (unpaired) electrons. The molecular formula is C24H28N2O7S. The van der Waals surface area contributed by atoms with Gasteiger partial charge in [0.2, 0.25) is 0 Å². The molecule has 0 saturated heterocycles. The number of dihydropyridines is 1. The van der Waals surface area contributed by atoms with Crippen molar-refractivity contribution in [3.63, 3.8) is 0 Å². The molecule has 9 nitrogen and oxygen atoms in total. The molecule has 10 heteroatoms. The number of hydrogen-bond acceptors (Lipinski definition) is 9. The van der Waals surface area contributed by atoms with Crippen molar-refractivity contribution in [3.05, 3.63) is 62.5 Å². The van der Waals surface area contributed by atoms with Gasteiger partial charge in [0.25, 0.3) is 5.69 Å². The van der Waals surface area contributed by atoms with Crippen LogP contribution in [0.5, 0.6) is 0 Å². The van der Waals surface area contributed by atoms with Crippen LogP contribution in [0.15, 0.2) is 46.8 Å². The summed E-state index contributed by atoms with van der Waals surface area (Å²) in [4.78, 5) is 50.2. The summed E-state index contributed by atoms with van der Waals surface area (Å²) in [6.45, 7) is 5.70. The Morgan fingerprint density at radius 2 is 2.06 bits per heavy atom. The number of allylic oxidation sites excluding steroid dienone is 3. The molecule has 3 rings (SSSR count). The number of nitrogens with zero attached hydrogens (tertiary/aromatic N) is 1. The number of methoxy groups -OCH3 is 1.